The van der Waals surface area contributed by atoms with Crippen LogP contribution in [0.25, 0.3) is 0 Å². The number of nitriles is 1. The Morgan fingerprint density at radius 3 is 2.75 bits per heavy atom. The van der Waals surface area contributed by atoms with Crippen LogP contribution in [0.1, 0.15) is 44.2 Å². The van der Waals surface area contributed by atoms with Gasteiger partial charge < -0.3 is 5.32 Å². The SMILES string of the molecule is CC(C)CCC(=O)NC1(C#N)CCc2ccccc2C1. The molecule has 0 saturated carbocycles. The quantitative estimate of drug-likeness (QED) is 0.914. The summed E-state index contributed by atoms with van der Waals surface area (Å²) >= 11 is 0. The highest BCUT2D eigenvalue weighted by atomic mass is 16.1. The van der Waals surface area contributed by atoms with Crippen LogP contribution in [0.4, 0.5) is 0 Å². The molecular weight excluding hydrogens is 248 g/mol. The molecule has 1 atom stereocenters. The number of hydrogen-bond donors (Lipinski definition) is 1. The molecule has 0 aromatic heterocycles. The summed E-state index contributed by atoms with van der Waals surface area (Å²) in [5, 5.41) is 12.5. The predicted molar refractivity (Wildman–Crippen MR) is 79.0 cm³/mol. The third kappa shape index (κ3) is 3.39. The molecule has 0 aliphatic heterocycles. The lowest BCUT2D eigenvalue weighted by Gasteiger charge is -2.33. The van der Waals surface area contributed by atoms with Gasteiger partial charge in [-0.3, -0.25) is 4.79 Å². The van der Waals surface area contributed by atoms with E-state index in [1.807, 2.05) is 12.1 Å². The lowest BCUT2D eigenvalue weighted by Crippen LogP contribution is -2.51. The Balaban J connectivity index is 2.05. The van der Waals surface area contributed by atoms with Crippen molar-refractivity contribution in [1.29, 1.82) is 5.26 Å². The van der Waals surface area contributed by atoms with Crippen LogP contribution in [0.2, 0.25) is 0 Å². The van der Waals surface area contributed by atoms with Gasteiger partial charge in [-0.1, -0.05) is 38.1 Å². The molecule has 106 valence electrons. The van der Waals surface area contributed by atoms with Crippen LogP contribution in [-0.4, -0.2) is 11.4 Å². The Bertz CT molecular complexity index is 530. The number of nitrogens with zero attached hydrogens (tertiary/aromatic N) is 1. The molecule has 2 rings (SSSR count). The molecule has 0 bridgehead atoms. The third-order valence-electron chi connectivity index (χ3n) is 3.97. The number of amides is 1. The fourth-order valence-electron chi connectivity index (χ4n) is 2.71. The Morgan fingerprint density at radius 2 is 2.10 bits per heavy atom. The third-order valence-corrected chi connectivity index (χ3v) is 3.97. The molecule has 3 nitrogen and oxygen atoms in total. The van der Waals surface area contributed by atoms with Crippen LogP contribution in [0.5, 0.6) is 0 Å². The van der Waals surface area contributed by atoms with Crippen molar-refractivity contribution in [3.8, 4) is 6.07 Å². The van der Waals surface area contributed by atoms with Gasteiger partial charge in [-0.25, -0.2) is 0 Å². The van der Waals surface area contributed by atoms with Crippen LogP contribution in [0, 0.1) is 17.2 Å². The number of aryl methyl sites for hydroxylation is 1. The number of carbonyl (C=O) groups is 1. The summed E-state index contributed by atoms with van der Waals surface area (Å²) < 4.78 is 0. The molecule has 1 amide bonds. The zero-order chi connectivity index (χ0) is 14.6. The van der Waals surface area contributed by atoms with Crippen molar-refractivity contribution in [3.05, 3.63) is 35.4 Å². The number of hydrogen-bond acceptors (Lipinski definition) is 2. The smallest absolute Gasteiger partial charge is 0.221 e. The average molecular weight is 270 g/mol. The van der Waals surface area contributed by atoms with Crippen LogP contribution in [0.15, 0.2) is 24.3 Å². The number of fused-ring (bicyclic) bond motifs is 1. The van der Waals surface area contributed by atoms with E-state index in [9.17, 15) is 10.1 Å². The van der Waals surface area contributed by atoms with E-state index in [-0.39, 0.29) is 5.91 Å². The van der Waals surface area contributed by atoms with Gasteiger partial charge in [-0.15, -0.1) is 0 Å². The molecule has 0 heterocycles. The number of nitrogens with one attached hydrogen (secondary N) is 1. The Labute approximate surface area is 121 Å². The summed E-state index contributed by atoms with van der Waals surface area (Å²) in [5.74, 6) is 0.505. The molecule has 1 aromatic rings. The minimum absolute atomic E-state index is 0.000342. The summed E-state index contributed by atoms with van der Waals surface area (Å²) in [6, 6.07) is 10.5. The molecule has 0 fully saturated rings. The summed E-state index contributed by atoms with van der Waals surface area (Å²) in [7, 11) is 0. The molecule has 0 spiro atoms. The van der Waals surface area contributed by atoms with Gasteiger partial charge in [-0.2, -0.15) is 5.26 Å². The van der Waals surface area contributed by atoms with Crippen LogP contribution >= 0.6 is 0 Å². The van der Waals surface area contributed by atoms with Crippen molar-refractivity contribution in [3.63, 3.8) is 0 Å². The van der Waals surface area contributed by atoms with Crippen molar-refractivity contribution in [2.75, 3.05) is 0 Å². The normalized spacial score (nSPS) is 21.1. The molecule has 0 saturated heterocycles. The zero-order valence-corrected chi connectivity index (χ0v) is 12.3. The fourth-order valence-corrected chi connectivity index (χ4v) is 2.71. The van der Waals surface area contributed by atoms with Gasteiger partial charge in [0.1, 0.15) is 5.54 Å². The first kappa shape index (κ1) is 14.6. The van der Waals surface area contributed by atoms with Crippen molar-refractivity contribution in [2.24, 2.45) is 5.92 Å². The highest BCUT2D eigenvalue weighted by molar-refractivity contribution is 5.77. The number of rotatable bonds is 4. The van der Waals surface area contributed by atoms with Crippen LogP contribution in [0.3, 0.4) is 0 Å². The molecule has 0 radical (unpaired) electrons. The second-order valence-corrected chi connectivity index (χ2v) is 6.12. The van der Waals surface area contributed by atoms with Crippen LogP contribution in [-0.2, 0) is 17.6 Å². The lowest BCUT2D eigenvalue weighted by atomic mass is 9.78. The van der Waals surface area contributed by atoms with Crippen molar-refractivity contribution < 1.29 is 4.79 Å². The summed E-state index contributed by atoms with van der Waals surface area (Å²) in [4.78, 5) is 12.0. The maximum Gasteiger partial charge on any atom is 0.221 e. The van der Waals surface area contributed by atoms with Gasteiger partial charge >= 0.3 is 0 Å². The molecular formula is C17H22N2O. The molecule has 1 aliphatic rings. The number of benzene rings is 1. The highest BCUT2D eigenvalue weighted by Gasteiger charge is 2.35. The first-order valence-corrected chi connectivity index (χ1v) is 7.34. The summed E-state index contributed by atoms with van der Waals surface area (Å²) in [5.41, 5.74) is 1.77. The van der Waals surface area contributed by atoms with E-state index in [1.54, 1.807) is 0 Å². The lowest BCUT2D eigenvalue weighted by molar-refractivity contribution is -0.122. The van der Waals surface area contributed by atoms with Gasteiger partial charge in [0.2, 0.25) is 5.91 Å². The first-order valence-electron chi connectivity index (χ1n) is 7.34. The van der Waals surface area contributed by atoms with Crippen molar-refractivity contribution in [1.82, 2.24) is 5.32 Å². The topological polar surface area (TPSA) is 52.9 Å². The van der Waals surface area contributed by atoms with Gasteiger partial charge in [-0.05, 0) is 36.3 Å². The molecule has 1 aromatic carbocycles. The number of carbonyl (C=O) groups excluding carboxylic acids is 1. The van der Waals surface area contributed by atoms with Crippen LogP contribution < -0.4 is 5.32 Å². The Morgan fingerprint density at radius 1 is 1.40 bits per heavy atom. The van der Waals surface area contributed by atoms with E-state index in [1.165, 1.54) is 11.1 Å². The molecule has 3 heteroatoms. The van der Waals surface area contributed by atoms with E-state index in [0.717, 1.165) is 12.8 Å². The average Bonchev–Trinajstić information content (AvgIpc) is 2.45. The second kappa shape index (κ2) is 6.09. The van der Waals surface area contributed by atoms with Crippen molar-refractivity contribution in [2.45, 2.75) is 51.5 Å². The molecule has 1 aliphatic carbocycles. The monoisotopic (exact) mass is 270 g/mol. The maximum absolute atomic E-state index is 12.0. The van der Waals surface area contributed by atoms with Gasteiger partial charge in [0.25, 0.3) is 0 Å². The minimum Gasteiger partial charge on any atom is -0.338 e. The standard InChI is InChI=1S/C17H22N2O/c1-13(2)7-8-16(20)19-17(12-18)10-9-14-5-3-4-6-15(14)11-17/h3-6,13H,7-11H2,1-2H3,(H,19,20). The van der Waals surface area contributed by atoms with E-state index in [2.05, 4.69) is 37.4 Å². The fraction of sp³-hybridized carbons (Fsp3) is 0.529. The van der Waals surface area contributed by atoms with E-state index in [0.29, 0.717) is 25.2 Å². The van der Waals surface area contributed by atoms with Gasteiger partial charge in [0.05, 0.1) is 6.07 Å². The molecule has 20 heavy (non-hydrogen) atoms. The van der Waals surface area contributed by atoms with E-state index < -0.39 is 5.54 Å². The Kier molecular flexibility index (Phi) is 4.44. The minimum atomic E-state index is -0.720. The van der Waals surface area contributed by atoms with E-state index >= 15 is 0 Å². The maximum atomic E-state index is 12.0. The van der Waals surface area contributed by atoms with Gasteiger partial charge in [0, 0.05) is 12.8 Å². The zero-order valence-electron chi connectivity index (χ0n) is 12.3. The highest BCUT2D eigenvalue weighted by Crippen LogP contribution is 2.28. The largest absolute Gasteiger partial charge is 0.338 e. The van der Waals surface area contributed by atoms with Gasteiger partial charge in [0.15, 0.2) is 0 Å². The molecule has 1 N–H and O–H groups in total. The van der Waals surface area contributed by atoms with E-state index in [4.69, 9.17) is 0 Å². The Hall–Kier alpha value is -1.82. The summed E-state index contributed by atoms with van der Waals surface area (Å²) in [6.07, 6.45) is 3.54. The first-order chi connectivity index (χ1) is 9.54. The predicted octanol–water partition coefficient (Wildman–Crippen LogP) is 2.99. The summed E-state index contributed by atoms with van der Waals surface area (Å²) in [6.45, 7) is 4.20. The second-order valence-electron chi connectivity index (χ2n) is 6.12. The molecule has 1 unspecified atom stereocenters. The van der Waals surface area contributed by atoms with Crippen molar-refractivity contribution >= 4 is 5.91 Å².